The lowest BCUT2D eigenvalue weighted by atomic mass is 10.0. The molecule has 8 heteroatoms. The van der Waals surface area contributed by atoms with Gasteiger partial charge in [0.1, 0.15) is 0 Å². The fourth-order valence-electron chi connectivity index (χ4n) is 0.649. The summed E-state index contributed by atoms with van der Waals surface area (Å²) in [5.74, 6) is -16.4. The summed E-state index contributed by atoms with van der Waals surface area (Å²) in [6, 6.07) is 0. The molecule has 1 nitrogen and oxygen atoms in total. The van der Waals surface area contributed by atoms with Crippen molar-refractivity contribution in [1.29, 1.82) is 0 Å². The van der Waals surface area contributed by atoms with Gasteiger partial charge in [0.25, 0.3) is 0 Å². The maximum Gasteiger partial charge on any atom is 0.374 e. The van der Waals surface area contributed by atoms with Crippen molar-refractivity contribution in [3.63, 3.8) is 0 Å². The third-order valence-electron chi connectivity index (χ3n) is 1.51. The Morgan fingerprint density at radius 1 is 0.857 bits per heavy atom. The van der Waals surface area contributed by atoms with Gasteiger partial charge in [0.05, 0.1) is 0 Å². The molecule has 0 aliphatic carbocycles. The average Bonchev–Trinajstić information content (AvgIpc) is 2.03. The fraction of sp³-hybridized carbons (Fsp3) is 1.00. The van der Waals surface area contributed by atoms with Crippen LogP contribution in [-0.4, -0.2) is 36.2 Å². The van der Waals surface area contributed by atoms with E-state index in [9.17, 15) is 30.7 Å². The summed E-state index contributed by atoms with van der Waals surface area (Å²) in [6.07, 6.45) is -1.85. The molecule has 0 unspecified atom stereocenters. The van der Waals surface area contributed by atoms with E-state index in [0.717, 1.165) is 0 Å². The van der Waals surface area contributed by atoms with E-state index in [1.165, 1.54) is 0 Å². The zero-order chi connectivity index (χ0) is 11.6. The highest BCUT2D eigenvalue weighted by molar-refractivity contribution is 4.95. The Morgan fingerprint density at radius 3 is 1.57 bits per heavy atom. The van der Waals surface area contributed by atoms with Crippen LogP contribution in [0.1, 0.15) is 6.42 Å². The van der Waals surface area contributed by atoms with Crippen LogP contribution in [0.15, 0.2) is 0 Å². The molecule has 1 N–H and O–H groups in total. The second kappa shape index (κ2) is 3.92. The monoisotopic (exact) mass is 228 g/mol. The standard InChI is InChI=1S/C6H7F7O/c7-3-5(10,11)6(12,13)4(8,9)1-2-14/h14H,1-3H2. The summed E-state index contributed by atoms with van der Waals surface area (Å²) >= 11 is 0. The summed E-state index contributed by atoms with van der Waals surface area (Å²) in [7, 11) is 0. The van der Waals surface area contributed by atoms with Gasteiger partial charge in [-0.1, -0.05) is 0 Å². The van der Waals surface area contributed by atoms with Crippen LogP contribution in [0.5, 0.6) is 0 Å². The van der Waals surface area contributed by atoms with Crippen molar-refractivity contribution in [2.24, 2.45) is 0 Å². The van der Waals surface area contributed by atoms with Crippen molar-refractivity contribution >= 4 is 0 Å². The Kier molecular flexibility index (Phi) is 3.77. The molecule has 0 amide bonds. The minimum atomic E-state index is -5.81. The molecular formula is C6H7F7O. The second-order valence-electron chi connectivity index (χ2n) is 2.59. The highest BCUT2D eigenvalue weighted by atomic mass is 19.3. The van der Waals surface area contributed by atoms with Crippen molar-refractivity contribution in [3.05, 3.63) is 0 Å². The number of halogens is 7. The molecule has 0 aromatic rings. The van der Waals surface area contributed by atoms with Crippen LogP contribution in [-0.2, 0) is 0 Å². The Bertz CT molecular complexity index is 191. The first kappa shape index (κ1) is 13.5. The number of alkyl halides is 7. The lowest BCUT2D eigenvalue weighted by Gasteiger charge is -2.30. The summed E-state index contributed by atoms with van der Waals surface area (Å²) in [4.78, 5) is 0. The Hall–Kier alpha value is -0.530. The number of aliphatic hydroxyl groups is 1. The van der Waals surface area contributed by atoms with E-state index in [1.54, 1.807) is 0 Å². The summed E-state index contributed by atoms with van der Waals surface area (Å²) in [5.41, 5.74) is 0. The molecule has 14 heavy (non-hydrogen) atoms. The van der Waals surface area contributed by atoms with E-state index in [0.29, 0.717) is 0 Å². The van der Waals surface area contributed by atoms with Crippen LogP contribution in [0.2, 0.25) is 0 Å². The van der Waals surface area contributed by atoms with Crippen LogP contribution in [0, 0.1) is 0 Å². The molecule has 0 rings (SSSR count). The lowest BCUT2D eigenvalue weighted by molar-refractivity contribution is -0.314. The molecular weight excluding hydrogens is 221 g/mol. The smallest absolute Gasteiger partial charge is 0.374 e. The van der Waals surface area contributed by atoms with Crippen molar-refractivity contribution in [1.82, 2.24) is 0 Å². The maximum absolute atomic E-state index is 12.3. The minimum absolute atomic E-state index is 1.40. The predicted octanol–water partition coefficient (Wildman–Crippen LogP) is 2.24. The van der Waals surface area contributed by atoms with E-state index in [-0.39, 0.29) is 0 Å². The Labute approximate surface area is 74.5 Å². The number of hydrogen-bond donors (Lipinski definition) is 1. The van der Waals surface area contributed by atoms with E-state index < -0.39 is 37.5 Å². The van der Waals surface area contributed by atoms with E-state index in [4.69, 9.17) is 5.11 Å². The molecule has 0 atom stereocenters. The largest absolute Gasteiger partial charge is 0.396 e. The molecule has 0 fully saturated rings. The van der Waals surface area contributed by atoms with Gasteiger partial charge < -0.3 is 5.11 Å². The van der Waals surface area contributed by atoms with Crippen LogP contribution >= 0.6 is 0 Å². The van der Waals surface area contributed by atoms with Gasteiger partial charge in [-0.25, -0.2) is 4.39 Å². The summed E-state index contributed by atoms with van der Waals surface area (Å²) < 4.78 is 84.8. The minimum Gasteiger partial charge on any atom is -0.396 e. The van der Waals surface area contributed by atoms with Crippen LogP contribution in [0.4, 0.5) is 30.7 Å². The van der Waals surface area contributed by atoms with Crippen LogP contribution in [0.25, 0.3) is 0 Å². The average molecular weight is 228 g/mol. The Balaban J connectivity index is 4.92. The van der Waals surface area contributed by atoms with E-state index >= 15 is 0 Å². The molecule has 0 spiro atoms. The molecule has 86 valence electrons. The number of hydrogen-bond acceptors (Lipinski definition) is 1. The van der Waals surface area contributed by atoms with E-state index in [1.807, 2.05) is 0 Å². The van der Waals surface area contributed by atoms with Crippen LogP contribution < -0.4 is 0 Å². The van der Waals surface area contributed by atoms with Crippen molar-refractivity contribution in [2.75, 3.05) is 13.3 Å². The van der Waals surface area contributed by atoms with Gasteiger partial charge >= 0.3 is 17.8 Å². The first-order chi connectivity index (χ1) is 6.12. The summed E-state index contributed by atoms with van der Waals surface area (Å²) in [6.45, 7) is -4.29. The zero-order valence-electron chi connectivity index (χ0n) is 6.71. The third-order valence-corrected chi connectivity index (χ3v) is 1.51. The molecule has 0 radical (unpaired) electrons. The van der Waals surface area contributed by atoms with Crippen molar-refractivity contribution < 1.29 is 35.8 Å². The molecule has 0 aliphatic heterocycles. The number of rotatable bonds is 5. The maximum atomic E-state index is 12.3. The molecule has 0 aliphatic rings. The quantitative estimate of drug-likeness (QED) is 0.715. The molecule has 0 saturated heterocycles. The van der Waals surface area contributed by atoms with Crippen molar-refractivity contribution in [3.8, 4) is 0 Å². The van der Waals surface area contributed by atoms with Crippen molar-refractivity contribution in [2.45, 2.75) is 24.2 Å². The SMILES string of the molecule is OCCC(F)(F)C(F)(F)C(F)(F)CF. The van der Waals surface area contributed by atoms with Gasteiger partial charge in [0.15, 0.2) is 6.67 Å². The van der Waals surface area contributed by atoms with Crippen LogP contribution in [0.3, 0.4) is 0 Å². The normalized spacial score (nSPS) is 14.6. The van der Waals surface area contributed by atoms with Gasteiger partial charge in [-0.2, -0.15) is 26.3 Å². The third kappa shape index (κ3) is 2.10. The van der Waals surface area contributed by atoms with Gasteiger partial charge in [-0.3, -0.25) is 0 Å². The topological polar surface area (TPSA) is 20.2 Å². The first-order valence-corrected chi connectivity index (χ1v) is 3.42. The first-order valence-electron chi connectivity index (χ1n) is 3.42. The van der Waals surface area contributed by atoms with Gasteiger partial charge in [-0.05, 0) is 0 Å². The van der Waals surface area contributed by atoms with Gasteiger partial charge in [-0.15, -0.1) is 0 Å². The fourth-order valence-corrected chi connectivity index (χ4v) is 0.649. The molecule has 0 heterocycles. The molecule has 0 bridgehead atoms. The van der Waals surface area contributed by atoms with Gasteiger partial charge in [0.2, 0.25) is 0 Å². The lowest BCUT2D eigenvalue weighted by Crippen LogP contribution is -2.55. The molecule has 0 saturated carbocycles. The highest BCUT2D eigenvalue weighted by Crippen LogP contribution is 2.47. The second-order valence-corrected chi connectivity index (χ2v) is 2.59. The van der Waals surface area contributed by atoms with Gasteiger partial charge in [0, 0.05) is 13.0 Å². The number of aliphatic hydroxyl groups excluding tert-OH is 1. The highest BCUT2D eigenvalue weighted by Gasteiger charge is 2.70. The Morgan fingerprint density at radius 2 is 1.29 bits per heavy atom. The van der Waals surface area contributed by atoms with E-state index in [2.05, 4.69) is 0 Å². The zero-order valence-corrected chi connectivity index (χ0v) is 6.71. The molecule has 0 aromatic carbocycles. The molecule has 0 aromatic heterocycles. The predicted molar refractivity (Wildman–Crippen MR) is 32.5 cm³/mol. The summed E-state index contributed by atoms with van der Waals surface area (Å²) in [5, 5.41) is 7.95.